The van der Waals surface area contributed by atoms with Gasteiger partial charge in [-0.15, -0.1) is 0 Å². The summed E-state index contributed by atoms with van der Waals surface area (Å²) in [4.78, 5) is 36.9. The van der Waals surface area contributed by atoms with Crippen LogP contribution in [0.5, 0.6) is 0 Å². The maximum absolute atomic E-state index is 13.0. The van der Waals surface area contributed by atoms with Crippen LogP contribution in [0.3, 0.4) is 0 Å². The maximum atomic E-state index is 13.0. The van der Waals surface area contributed by atoms with E-state index < -0.39 is 16.8 Å². The molecular weight excluding hydrogens is 306 g/mol. The minimum absolute atomic E-state index is 0.104. The van der Waals surface area contributed by atoms with Crippen molar-refractivity contribution in [3.63, 3.8) is 0 Å². The van der Waals surface area contributed by atoms with Crippen LogP contribution in [0.2, 0.25) is 0 Å². The Hall–Kier alpha value is -2.17. The van der Waals surface area contributed by atoms with E-state index in [1.807, 2.05) is 20.8 Å². The zero-order valence-corrected chi connectivity index (χ0v) is 14.6. The van der Waals surface area contributed by atoms with E-state index in [-0.39, 0.29) is 17.1 Å². The van der Waals surface area contributed by atoms with E-state index in [4.69, 9.17) is 0 Å². The molecule has 2 saturated carbocycles. The number of fused-ring (bicyclic) bond motifs is 2. The first kappa shape index (κ1) is 16.7. The Morgan fingerprint density at radius 3 is 2.17 bits per heavy atom. The summed E-state index contributed by atoms with van der Waals surface area (Å²) in [6.07, 6.45) is 1.80. The van der Waals surface area contributed by atoms with Gasteiger partial charge in [-0.3, -0.25) is 9.59 Å². The van der Waals surface area contributed by atoms with Gasteiger partial charge < -0.3 is 10.1 Å². The molecule has 0 spiro atoms. The van der Waals surface area contributed by atoms with Crippen molar-refractivity contribution in [3.05, 3.63) is 29.8 Å². The van der Waals surface area contributed by atoms with E-state index in [0.29, 0.717) is 17.7 Å². The molecule has 2 aliphatic carbocycles. The van der Waals surface area contributed by atoms with Gasteiger partial charge in [-0.25, -0.2) is 4.79 Å². The van der Waals surface area contributed by atoms with E-state index in [2.05, 4.69) is 10.1 Å². The number of ether oxygens (including phenoxy) is 1. The minimum atomic E-state index is -0.653. The van der Waals surface area contributed by atoms with Gasteiger partial charge in [-0.2, -0.15) is 0 Å². The van der Waals surface area contributed by atoms with Crippen LogP contribution >= 0.6 is 0 Å². The Labute approximate surface area is 141 Å². The van der Waals surface area contributed by atoms with Crippen molar-refractivity contribution in [2.75, 3.05) is 12.4 Å². The second kappa shape index (κ2) is 5.16. The molecule has 0 radical (unpaired) electrons. The van der Waals surface area contributed by atoms with Gasteiger partial charge in [0, 0.05) is 17.5 Å². The molecule has 1 amide bonds. The predicted molar refractivity (Wildman–Crippen MR) is 89.6 cm³/mol. The molecule has 5 heteroatoms. The molecule has 0 aliphatic heterocycles. The molecule has 2 fully saturated rings. The summed E-state index contributed by atoms with van der Waals surface area (Å²) in [5.41, 5.74) is -0.393. The molecule has 0 heterocycles. The van der Waals surface area contributed by atoms with E-state index in [1.165, 1.54) is 7.11 Å². The molecule has 2 atom stereocenters. The number of hydrogen-bond donors (Lipinski definition) is 1. The monoisotopic (exact) mass is 329 g/mol. The summed E-state index contributed by atoms with van der Waals surface area (Å²) in [7, 11) is 1.33. The fourth-order valence-electron chi connectivity index (χ4n) is 4.42. The zero-order chi connectivity index (χ0) is 17.8. The first-order valence-corrected chi connectivity index (χ1v) is 8.21. The molecule has 3 rings (SSSR count). The molecule has 5 nitrogen and oxygen atoms in total. The molecular formula is C19H23NO4. The number of esters is 1. The number of amides is 1. The summed E-state index contributed by atoms with van der Waals surface area (Å²) in [5, 5.41) is 2.94. The summed E-state index contributed by atoms with van der Waals surface area (Å²) in [6.45, 7) is 6.05. The fraction of sp³-hybridized carbons (Fsp3) is 0.526. The quantitative estimate of drug-likeness (QED) is 0.864. The lowest BCUT2D eigenvalue weighted by Gasteiger charge is -2.38. The molecule has 2 unspecified atom stereocenters. The lowest BCUT2D eigenvalue weighted by atomic mass is 9.64. The van der Waals surface area contributed by atoms with Crippen LogP contribution in [0.4, 0.5) is 5.69 Å². The van der Waals surface area contributed by atoms with Crippen molar-refractivity contribution < 1.29 is 19.1 Å². The number of Topliss-reactive ketones (excluding diaryl/α,β-unsaturated/α-hetero) is 1. The van der Waals surface area contributed by atoms with Crippen molar-refractivity contribution >= 4 is 23.3 Å². The summed E-state index contributed by atoms with van der Waals surface area (Å²) < 4.78 is 4.66. The van der Waals surface area contributed by atoms with E-state index in [9.17, 15) is 14.4 Å². The molecule has 24 heavy (non-hydrogen) atoms. The number of hydrogen-bond acceptors (Lipinski definition) is 4. The molecule has 0 saturated heterocycles. The first-order valence-electron chi connectivity index (χ1n) is 8.21. The average Bonchev–Trinajstić information content (AvgIpc) is 2.85. The van der Waals surface area contributed by atoms with Crippen LogP contribution in [-0.4, -0.2) is 24.8 Å². The Balaban J connectivity index is 1.83. The average molecular weight is 329 g/mol. The van der Waals surface area contributed by atoms with Gasteiger partial charge in [0.2, 0.25) is 5.91 Å². The van der Waals surface area contributed by atoms with Gasteiger partial charge in [0.15, 0.2) is 0 Å². The lowest BCUT2D eigenvalue weighted by Crippen LogP contribution is -2.43. The lowest BCUT2D eigenvalue weighted by molar-refractivity contribution is -0.131. The summed E-state index contributed by atoms with van der Waals surface area (Å²) in [6, 6.07) is 6.59. The van der Waals surface area contributed by atoms with Crippen LogP contribution in [0.1, 0.15) is 50.4 Å². The first-order chi connectivity index (χ1) is 11.2. The third-order valence-electron chi connectivity index (χ3n) is 6.70. The number of carbonyl (C=O) groups excluding carboxylic acids is 3. The van der Waals surface area contributed by atoms with Crippen LogP contribution in [0.25, 0.3) is 0 Å². The summed E-state index contributed by atoms with van der Waals surface area (Å²) in [5.74, 6) is -0.330. The van der Waals surface area contributed by atoms with Crippen molar-refractivity contribution in [2.45, 2.75) is 40.0 Å². The van der Waals surface area contributed by atoms with Gasteiger partial charge in [-0.1, -0.05) is 20.8 Å². The third kappa shape index (κ3) is 1.96. The van der Waals surface area contributed by atoms with Crippen LogP contribution < -0.4 is 5.32 Å². The smallest absolute Gasteiger partial charge is 0.337 e. The van der Waals surface area contributed by atoms with E-state index in [1.54, 1.807) is 24.3 Å². The fourth-order valence-corrected chi connectivity index (χ4v) is 4.42. The van der Waals surface area contributed by atoms with Gasteiger partial charge in [0.1, 0.15) is 5.78 Å². The Morgan fingerprint density at radius 1 is 1.08 bits per heavy atom. The SMILES string of the molecule is COC(=O)c1ccc(NC(=O)C23CCC(C)(C(=O)C2)C3(C)C)cc1. The van der Waals surface area contributed by atoms with Crippen LogP contribution in [0.15, 0.2) is 24.3 Å². The van der Waals surface area contributed by atoms with Crippen molar-refractivity contribution in [1.82, 2.24) is 0 Å². The Kier molecular flexibility index (Phi) is 3.59. The van der Waals surface area contributed by atoms with E-state index in [0.717, 1.165) is 12.8 Å². The highest BCUT2D eigenvalue weighted by Gasteiger charge is 2.72. The van der Waals surface area contributed by atoms with Gasteiger partial charge in [0.05, 0.1) is 18.1 Å². The number of rotatable bonds is 3. The Bertz CT molecular complexity index is 721. The molecule has 2 bridgehead atoms. The molecule has 0 aromatic heterocycles. The molecule has 2 aliphatic rings. The second-order valence-electron chi connectivity index (χ2n) is 7.66. The van der Waals surface area contributed by atoms with Crippen molar-refractivity contribution in [3.8, 4) is 0 Å². The highest BCUT2D eigenvalue weighted by Crippen LogP contribution is 2.70. The largest absolute Gasteiger partial charge is 0.465 e. The second-order valence-corrected chi connectivity index (χ2v) is 7.66. The third-order valence-corrected chi connectivity index (χ3v) is 6.70. The molecule has 128 valence electrons. The number of nitrogens with one attached hydrogen (secondary N) is 1. The van der Waals surface area contributed by atoms with E-state index >= 15 is 0 Å². The van der Waals surface area contributed by atoms with Gasteiger partial charge in [-0.05, 0) is 42.5 Å². The summed E-state index contributed by atoms with van der Waals surface area (Å²) >= 11 is 0. The molecule has 1 N–H and O–H groups in total. The number of benzene rings is 1. The van der Waals surface area contributed by atoms with Crippen molar-refractivity contribution in [1.29, 1.82) is 0 Å². The molecule has 1 aromatic carbocycles. The molecule has 1 aromatic rings. The zero-order valence-electron chi connectivity index (χ0n) is 14.6. The number of ketones is 1. The number of anilines is 1. The Morgan fingerprint density at radius 2 is 1.71 bits per heavy atom. The number of carbonyl (C=O) groups is 3. The standard InChI is InChI=1S/C19H23NO4/c1-17(2)18(3)9-10-19(17,11-14(18)21)16(23)20-13-7-5-12(6-8-13)15(22)24-4/h5-8H,9-11H2,1-4H3,(H,20,23). The number of methoxy groups -OCH3 is 1. The van der Waals surface area contributed by atoms with Gasteiger partial charge in [0.25, 0.3) is 0 Å². The normalized spacial score (nSPS) is 30.2. The van der Waals surface area contributed by atoms with Crippen LogP contribution in [0, 0.1) is 16.2 Å². The van der Waals surface area contributed by atoms with Crippen molar-refractivity contribution in [2.24, 2.45) is 16.2 Å². The highest BCUT2D eigenvalue weighted by molar-refractivity contribution is 6.04. The highest BCUT2D eigenvalue weighted by atomic mass is 16.5. The topological polar surface area (TPSA) is 72.5 Å². The maximum Gasteiger partial charge on any atom is 0.337 e. The minimum Gasteiger partial charge on any atom is -0.465 e. The van der Waals surface area contributed by atoms with Gasteiger partial charge >= 0.3 is 5.97 Å². The predicted octanol–water partition coefficient (Wildman–Crippen LogP) is 3.20. The van der Waals surface area contributed by atoms with Crippen LogP contribution in [-0.2, 0) is 14.3 Å².